The van der Waals surface area contributed by atoms with E-state index < -0.39 is 63.5 Å². The summed E-state index contributed by atoms with van der Waals surface area (Å²) in [4.78, 5) is 80.2. The molecular formula is C51H64N4O11. The first kappa shape index (κ1) is 46.0. The van der Waals surface area contributed by atoms with Crippen molar-refractivity contribution < 1.29 is 53.1 Å². The Hall–Kier alpha value is -5.09. The highest BCUT2D eigenvalue weighted by atomic mass is 16.6. The number of nitrogens with zero attached hydrogens (tertiary/aromatic N) is 3. The number of fused-ring (bicyclic) bond motifs is 6. The van der Waals surface area contributed by atoms with Crippen LogP contribution in [0.4, 0.5) is 5.69 Å². The summed E-state index contributed by atoms with van der Waals surface area (Å²) in [6.45, 7) is 11.9. The van der Waals surface area contributed by atoms with Crippen molar-refractivity contribution in [3.05, 3.63) is 70.4 Å². The molecule has 1 amide bonds. The number of benzene rings is 2. The SMILES string of the molecule is CC[C@]1(O)C[C@H]2CN(CCc3c([nH]c4ccc(C(=O)CC(C)C)cc34)[C@@](C(=O)OC)(c3cc4c(cc3OC)N(C=O)[C@H]3[C@@](O)(C(=O)OC)[C@H](OC(C)=O)[C@]5(CC)C=CCN6CC[C@]43[C@@H]65)C2)C1. The summed E-state index contributed by atoms with van der Waals surface area (Å²) in [5.74, 6) is -2.10. The summed E-state index contributed by atoms with van der Waals surface area (Å²) in [5.41, 5.74) is -3.35. The van der Waals surface area contributed by atoms with Gasteiger partial charge in [-0.25, -0.2) is 4.79 Å². The van der Waals surface area contributed by atoms with Gasteiger partial charge in [0.1, 0.15) is 11.2 Å². The molecule has 5 aliphatic heterocycles. The zero-order valence-corrected chi connectivity index (χ0v) is 39.4. The predicted octanol–water partition coefficient (Wildman–Crippen LogP) is 4.75. The second-order valence-electron chi connectivity index (χ2n) is 20.3. The fraction of sp³-hybridized carbons (Fsp3) is 0.588. The van der Waals surface area contributed by atoms with E-state index in [-0.39, 0.29) is 29.8 Å². The smallest absolute Gasteiger partial charge is 0.344 e. The molecule has 15 nitrogen and oxygen atoms in total. The lowest BCUT2D eigenvalue weighted by atomic mass is 9.47. The van der Waals surface area contributed by atoms with Gasteiger partial charge >= 0.3 is 17.9 Å². The largest absolute Gasteiger partial charge is 0.496 e. The number of aromatic nitrogens is 1. The van der Waals surface area contributed by atoms with Crippen LogP contribution >= 0.6 is 0 Å². The first-order valence-corrected chi connectivity index (χ1v) is 23.5. The molecule has 2 aromatic carbocycles. The first-order valence-electron chi connectivity index (χ1n) is 23.5. The quantitative estimate of drug-likeness (QED) is 0.0788. The van der Waals surface area contributed by atoms with E-state index in [2.05, 4.69) is 14.8 Å². The standard InChI is InChI=1S/C51H64N4O11/c1-9-47(61)24-31-25-50(45(59)64-7,41-33(14-18-53(26-31)27-47)34-21-32(12-13-37(34)52-41)39(58)20-29(3)4)36-22-35-38(23-40(36)63-6)55(28-56)43-49(35)16-19-54-17-11-15-48(10-2,42(49)54)44(66-30(5)57)51(43,62)46(60)65-8/h11-13,15,21-23,28-29,31,42-44,52,61-62H,9-10,14,16-20,24-27H2,1-8H3/t31-,42+,43-,44-,47+,48-,49-,50+,51+/m1/s1. The molecule has 10 atom stereocenters. The lowest BCUT2D eigenvalue weighted by Gasteiger charge is -2.63. The number of methoxy groups -OCH3 is 3. The molecule has 354 valence electrons. The Morgan fingerprint density at radius 2 is 1.71 bits per heavy atom. The molecule has 0 radical (unpaired) electrons. The van der Waals surface area contributed by atoms with E-state index in [0.29, 0.717) is 106 Å². The van der Waals surface area contributed by atoms with Crippen LogP contribution in [-0.2, 0) is 50.6 Å². The number of hydrogen-bond donors (Lipinski definition) is 3. The number of anilines is 1. The zero-order chi connectivity index (χ0) is 47.3. The van der Waals surface area contributed by atoms with Crippen LogP contribution in [0, 0.1) is 17.3 Å². The fourth-order valence-electron chi connectivity index (χ4n) is 14.1. The molecule has 66 heavy (non-hydrogen) atoms. The van der Waals surface area contributed by atoms with Crippen LogP contribution in [0.25, 0.3) is 10.9 Å². The maximum atomic E-state index is 15.6. The van der Waals surface area contributed by atoms with Gasteiger partial charge in [0.15, 0.2) is 11.9 Å². The second kappa shape index (κ2) is 16.3. The van der Waals surface area contributed by atoms with Crippen LogP contribution in [0.15, 0.2) is 42.5 Å². The number of ketones is 1. The molecule has 15 heteroatoms. The van der Waals surface area contributed by atoms with Crippen molar-refractivity contribution in [2.24, 2.45) is 17.3 Å². The zero-order valence-electron chi connectivity index (χ0n) is 39.4. The van der Waals surface area contributed by atoms with Crippen molar-refractivity contribution in [2.45, 2.75) is 120 Å². The number of piperidine rings is 1. The number of ether oxygens (including phenoxy) is 4. The molecule has 2 bridgehead atoms. The van der Waals surface area contributed by atoms with Crippen molar-refractivity contribution in [1.82, 2.24) is 14.8 Å². The number of nitrogens with one attached hydrogen (secondary N) is 1. The Balaban J connectivity index is 1.37. The Bertz CT molecular complexity index is 2540. The highest BCUT2D eigenvalue weighted by Gasteiger charge is 2.81. The van der Waals surface area contributed by atoms with E-state index in [1.165, 1.54) is 33.2 Å². The van der Waals surface area contributed by atoms with E-state index in [0.717, 1.165) is 16.5 Å². The molecule has 1 unspecified atom stereocenters. The molecule has 1 spiro atoms. The van der Waals surface area contributed by atoms with Crippen LogP contribution in [0.3, 0.4) is 0 Å². The van der Waals surface area contributed by atoms with E-state index in [9.17, 15) is 29.4 Å². The summed E-state index contributed by atoms with van der Waals surface area (Å²) >= 11 is 0. The van der Waals surface area contributed by atoms with Gasteiger partial charge in [0.2, 0.25) is 12.0 Å². The van der Waals surface area contributed by atoms with Crippen molar-refractivity contribution >= 4 is 46.7 Å². The molecule has 3 N–H and O–H groups in total. The molecule has 1 aliphatic carbocycles. The van der Waals surface area contributed by atoms with Crippen LogP contribution in [0.5, 0.6) is 5.75 Å². The Morgan fingerprint density at radius 3 is 2.36 bits per heavy atom. The predicted molar refractivity (Wildman–Crippen MR) is 244 cm³/mol. The molecule has 6 heterocycles. The number of carbonyl (C=O) groups is 5. The van der Waals surface area contributed by atoms with Crippen molar-refractivity contribution in [3.63, 3.8) is 0 Å². The second-order valence-corrected chi connectivity index (χ2v) is 20.3. The van der Waals surface area contributed by atoms with E-state index in [1.54, 1.807) is 6.07 Å². The van der Waals surface area contributed by atoms with E-state index in [4.69, 9.17) is 18.9 Å². The van der Waals surface area contributed by atoms with Gasteiger partial charge < -0.3 is 39.0 Å². The number of esters is 3. The molecule has 1 saturated carbocycles. The molecular weight excluding hydrogens is 845 g/mol. The Morgan fingerprint density at radius 1 is 0.955 bits per heavy atom. The first-order chi connectivity index (χ1) is 31.5. The number of rotatable bonds is 11. The summed E-state index contributed by atoms with van der Waals surface area (Å²) in [6, 6.07) is 7.48. The van der Waals surface area contributed by atoms with Gasteiger partial charge in [-0.2, -0.15) is 0 Å². The van der Waals surface area contributed by atoms with Crippen LogP contribution < -0.4 is 9.64 Å². The van der Waals surface area contributed by atoms with Gasteiger partial charge in [0.25, 0.3) is 0 Å². The third-order valence-electron chi connectivity index (χ3n) is 16.5. The van der Waals surface area contributed by atoms with Crippen LogP contribution in [0.1, 0.15) is 106 Å². The van der Waals surface area contributed by atoms with Gasteiger partial charge in [0.05, 0.1) is 38.7 Å². The van der Waals surface area contributed by atoms with Gasteiger partial charge in [0, 0.05) is 90.2 Å². The minimum Gasteiger partial charge on any atom is -0.496 e. The summed E-state index contributed by atoms with van der Waals surface area (Å²) < 4.78 is 23.8. The van der Waals surface area contributed by atoms with Crippen LogP contribution in [0.2, 0.25) is 0 Å². The van der Waals surface area contributed by atoms with Gasteiger partial charge in [-0.3, -0.25) is 29.0 Å². The number of hydrogen-bond acceptors (Lipinski definition) is 13. The topological polar surface area (TPSA) is 188 Å². The van der Waals surface area contributed by atoms with Crippen LogP contribution in [-0.4, -0.2) is 139 Å². The van der Waals surface area contributed by atoms with Gasteiger partial charge in [-0.05, 0) is 92.3 Å². The monoisotopic (exact) mass is 908 g/mol. The minimum absolute atomic E-state index is 0.0206. The summed E-state index contributed by atoms with van der Waals surface area (Å²) in [6.07, 6.45) is 5.81. The van der Waals surface area contributed by atoms with E-state index >= 15 is 4.79 Å². The van der Waals surface area contributed by atoms with Crippen molar-refractivity contribution in [1.29, 1.82) is 0 Å². The lowest BCUT2D eigenvalue weighted by Crippen LogP contribution is -2.81. The lowest BCUT2D eigenvalue weighted by molar-refractivity contribution is -0.228. The Kier molecular flexibility index (Phi) is 11.4. The summed E-state index contributed by atoms with van der Waals surface area (Å²) in [5, 5.41) is 26.3. The molecule has 1 aromatic heterocycles. The minimum atomic E-state index is -2.57. The number of H-pyrrole nitrogens is 1. The van der Waals surface area contributed by atoms with Gasteiger partial charge in [-0.1, -0.05) is 39.8 Å². The maximum Gasteiger partial charge on any atom is 0.344 e. The highest BCUT2D eigenvalue weighted by Crippen LogP contribution is 2.68. The van der Waals surface area contributed by atoms with Crippen molar-refractivity contribution in [2.75, 3.05) is 59.0 Å². The average molecular weight is 909 g/mol. The molecule has 3 fully saturated rings. The maximum absolute atomic E-state index is 15.6. The molecule has 3 aromatic rings. The third kappa shape index (κ3) is 6.31. The third-order valence-corrected chi connectivity index (χ3v) is 16.5. The number of aliphatic hydroxyl groups is 2. The molecule has 9 rings (SSSR count). The number of amides is 1. The number of aromatic amines is 1. The fourth-order valence-corrected chi connectivity index (χ4v) is 14.1. The molecule has 6 aliphatic rings. The summed E-state index contributed by atoms with van der Waals surface area (Å²) in [7, 11) is 4.03. The highest BCUT2D eigenvalue weighted by molar-refractivity contribution is 6.02. The Labute approximate surface area is 385 Å². The normalized spacial score (nSPS) is 34.3. The molecule has 2 saturated heterocycles. The number of carbonyl (C=O) groups excluding carboxylic acids is 5. The number of Topliss-reactive ketones (excluding diaryl/α,β-unsaturated/α-hetero) is 1. The van der Waals surface area contributed by atoms with E-state index in [1.807, 2.05) is 64.1 Å². The van der Waals surface area contributed by atoms with Gasteiger partial charge in [-0.15, -0.1) is 0 Å². The van der Waals surface area contributed by atoms with Crippen molar-refractivity contribution in [3.8, 4) is 5.75 Å². The average Bonchev–Trinajstić information content (AvgIpc) is 3.97.